The Kier molecular flexibility index (Phi) is 24.8. The van der Waals surface area contributed by atoms with Gasteiger partial charge in [-0.1, -0.05) is 190 Å². The molecule has 0 fully saturated rings. The molecule has 2 unspecified atom stereocenters. The van der Waals surface area contributed by atoms with Crippen molar-refractivity contribution in [2.24, 2.45) is 10.8 Å². The van der Waals surface area contributed by atoms with E-state index in [1.807, 2.05) is 134 Å². The lowest BCUT2D eigenvalue weighted by Gasteiger charge is -2.37. The van der Waals surface area contributed by atoms with Crippen LogP contribution >= 0.6 is 0 Å². The van der Waals surface area contributed by atoms with Crippen LogP contribution in [0.2, 0.25) is 0 Å². The van der Waals surface area contributed by atoms with Gasteiger partial charge in [-0.05, 0) is 145 Å². The van der Waals surface area contributed by atoms with E-state index in [1.165, 1.54) is 36.4 Å². The molecule has 13 nitrogen and oxygen atoms in total. The Morgan fingerprint density at radius 1 is 0.456 bits per heavy atom. The topological polar surface area (TPSA) is 203 Å². The SMILES string of the molecule is C=C(CCC(=O)Oc1ccc(/C=C/c2cc(O)cc(O)c2)cc1)OC1CC(C)(C)C(/C=C/C(C)=C/C=C/C(C)=C/C=C/C=C(C)/C=C/C=C(C)/C=C/C2=C(C)C(=O)C(OC(=O)CCC(=O)Oc3ccc(/C=C/c4cc(O)cc(O)c4)cc3)CC2(C)C)=C(C)C1=O. The van der Waals surface area contributed by atoms with Crippen LogP contribution in [0.5, 0.6) is 34.5 Å². The first kappa shape index (κ1) is 69.1. The molecule has 4 aromatic rings. The molecule has 90 heavy (non-hydrogen) atoms. The van der Waals surface area contributed by atoms with E-state index in [2.05, 4.69) is 20.4 Å². The minimum atomic E-state index is -0.968. The van der Waals surface area contributed by atoms with Gasteiger partial charge in [0.15, 0.2) is 23.8 Å². The quantitative estimate of drug-likeness (QED) is 0.0161. The van der Waals surface area contributed by atoms with Crippen LogP contribution in [0.15, 0.2) is 227 Å². The molecule has 0 aliphatic heterocycles. The molecule has 0 spiro atoms. The van der Waals surface area contributed by atoms with E-state index < -0.39 is 35.5 Å². The lowest BCUT2D eigenvalue weighted by molar-refractivity contribution is -0.157. The molecular weight excluding hydrogens is 1130 g/mol. The van der Waals surface area contributed by atoms with E-state index in [0.717, 1.165) is 44.6 Å². The zero-order valence-corrected chi connectivity index (χ0v) is 53.0. The van der Waals surface area contributed by atoms with Gasteiger partial charge in [0.1, 0.15) is 34.5 Å². The standard InChI is InChI=1S/C77H82O13/c1-50(18-14-20-52(3)22-37-67-55(6)74(85)69(48-76(67,8)9)87-54(5)24-39-71(82)88-65-33-29-57(30-34-65)25-27-59-42-61(78)46-62(79)43-59)16-12-13-17-51(2)19-15-21-53(4)23-38-68-56(7)75(86)70(49-77(68,10)11)90-73(84)41-40-72(83)89-66-35-31-58(32-36-66)26-28-60-44-63(80)47-64(81)45-60/h12-23,25-38,42-47,69-70,78-81H,5,24,39-41,48-49H2,1-4,6-11H3/b13-12+,18-14+,19-15+,27-25+,28-26+,37-22+,38-23+,50-16+,51-17+,52-20+,53-21+. The number of allylic oxidation sites excluding steroid dienone is 21. The van der Waals surface area contributed by atoms with Crippen LogP contribution < -0.4 is 9.47 Å². The number of benzene rings is 4. The number of phenolic OH excluding ortho intramolecular Hbond substituents is 4. The summed E-state index contributed by atoms with van der Waals surface area (Å²) in [6.07, 6.45) is 33.8. The van der Waals surface area contributed by atoms with Gasteiger partial charge in [-0.3, -0.25) is 24.0 Å². The Bertz CT molecular complexity index is 3470. The fourth-order valence-electron chi connectivity index (χ4n) is 10.2. The molecule has 0 amide bonds. The van der Waals surface area contributed by atoms with Gasteiger partial charge in [0.05, 0.1) is 25.0 Å². The number of esters is 3. The highest BCUT2D eigenvalue weighted by molar-refractivity contribution is 6.02. The van der Waals surface area contributed by atoms with Gasteiger partial charge in [-0.25, -0.2) is 0 Å². The predicted molar refractivity (Wildman–Crippen MR) is 357 cm³/mol. The van der Waals surface area contributed by atoms with Gasteiger partial charge in [0, 0.05) is 31.4 Å². The predicted octanol–water partition coefficient (Wildman–Crippen LogP) is 16.9. The van der Waals surface area contributed by atoms with Crippen molar-refractivity contribution in [3.05, 3.63) is 249 Å². The second-order valence-corrected chi connectivity index (χ2v) is 23.8. The number of carbonyl (C=O) groups is 5. The molecule has 13 heteroatoms. The first-order chi connectivity index (χ1) is 42.6. The summed E-state index contributed by atoms with van der Waals surface area (Å²) in [6.45, 7) is 23.8. The number of hydrogen-bond acceptors (Lipinski definition) is 13. The molecule has 6 rings (SSSR count). The van der Waals surface area contributed by atoms with Crippen molar-refractivity contribution in [2.45, 2.75) is 120 Å². The maximum Gasteiger partial charge on any atom is 0.311 e. The van der Waals surface area contributed by atoms with Crippen LogP contribution in [0, 0.1) is 10.8 Å². The summed E-state index contributed by atoms with van der Waals surface area (Å²) in [5.41, 5.74) is 9.04. The molecule has 0 saturated heterocycles. The summed E-state index contributed by atoms with van der Waals surface area (Å²) in [4.78, 5) is 65.2. The van der Waals surface area contributed by atoms with Gasteiger partial charge in [0.2, 0.25) is 0 Å². The number of ketones is 2. The first-order valence-electron chi connectivity index (χ1n) is 29.8. The summed E-state index contributed by atoms with van der Waals surface area (Å²) >= 11 is 0. The molecule has 4 N–H and O–H groups in total. The Morgan fingerprint density at radius 2 is 0.789 bits per heavy atom. The van der Waals surface area contributed by atoms with Crippen LogP contribution in [0.3, 0.4) is 0 Å². The van der Waals surface area contributed by atoms with Crippen LogP contribution in [0.1, 0.15) is 130 Å². The molecule has 0 bridgehead atoms. The summed E-state index contributed by atoms with van der Waals surface area (Å²) < 4.78 is 22.6. The van der Waals surface area contributed by atoms with Crippen LogP contribution in [0.25, 0.3) is 24.3 Å². The summed E-state index contributed by atoms with van der Waals surface area (Å²) in [6, 6.07) is 22.2. The number of Topliss-reactive ketones (excluding diaryl/α,β-unsaturated/α-hetero) is 2. The minimum absolute atomic E-state index is 0.0189. The van der Waals surface area contributed by atoms with E-state index >= 15 is 0 Å². The van der Waals surface area contributed by atoms with E-state index in [1.54, 1.807) is 79.8 Å². The molecule has 0 aromatic heterocycles. The van der Waals surface area contributed by atoms with Crippen molar-refractivity contribution in [1.29, 1.82) is 0 Å². The molecular formula is C77H82O13. The third kappa shape index (κ3) is 22.0. The lowest BCUT2D eigenvalue weighted by Crippen LogP contribution is -2.39. The largest absolute Gasteiger partial charge is 0.508 e. The second-order valence-electron chi connectivity index (χ2n) is 23.8. The van der Waals surface area contributed by atoms with Gasteiger partial charge in [0.25, 0.3) is 0 Å². The van der Waals surface area contributed by atoms with Crippen LogP contribution in [-0.2, 0) is 33.4 Å². The first-order valence-corrected chi connectivity index (χ1v) is 29.8. The van der Waals surface area contributed by atoms with Crippen LogP contribution in [-0.4, -0.2) is 62.1 Å². The number of aromatic hydroxyl groups is 4. The van der Waals surface area contributed by atoms with E-state index in [9.17, 15) is 44.4 Å². The normalized spacial score (nSPS) is 17.8. The Labute approximate surface area is 529 Å². The minimum Gasteiger partial charge on any atom is -0.508 e. The highest BCUT2D eigenvalue weighted by atomic mass is 16.6. The fourth-order valence-corrected chi connectivity index (χ4v) is 10.2. The Hall–Kier alpha value is -10.0. The molecule has 4 aromatic carbocycles. The summed E-state index contributed by atoms with van der Waals surface area (Å²) in [5, 5.41) is 38.8. The van der Waals surface area contributed by atoms with Gasteiger partial charge >= 0.3 is 17.9 Å². The molecule has 0 saturated carbocycles. The molecule has 2 aliphatic rings. The molecule has 2 aliphatic carbocycles. The second kappa shape index (κ2) is 32.3. The van der Waals surface area contributed by atoms with Crippen molar-refractivity contribution >= 4 is 53.8 Å². The zero-order valence-electron chi connectivity index (χ0n) is 53.0. The fraction of sp³-hybridized carbons (Fsp3) is 0.260. The highest BCUT2D eigenvalue weighted by Crippen LogP contribution is 2.43. The molecule has 0 heterocycles. The Morgan fingerprint density at radius 3 is 1.19 bits per heavy atom. The third-order valence-corrected chi connectivity index (χ3v) is 15.0. The maximum absolute atomic E-state index is 13.6. The van der Waals surface area contributed by atoms with Crippen LogP contribution in [0.4, 0.5) is 0 Å². The average molecular weight is 1220 g/mol. The molecule has 0 radical (unpaired) electrons. The van der Waals surface area contributed by atoms with Crippen molar-refractivity contribution in [2.75, 3.05) is 0 Å². The van der Waals surface area contributed by atoms with Gasteiger partial charge < -0.3 is 39.4 Å². The number of ether oxygens (including phenoxy) is 4. The Balaban J connectivity index is 0.899. The average Bonchev–Trinajstić information content (AvgIpc) is 0.810. The van der Waals surface area contributed by atoms with Crippen molar-refractivity contribution in [3.8, 4) is 34.5 Å². The summed E-state index contributed by atoms with van der Waals surface area (Å²) in [7, 11) is 0. The lowest BCUT2D eigenvalue weighted by atomic mass is 9.71. The third-order valence-electron chi connectivity index (χ3n) is 15.0. The van der Waals surface area contributed by atoms with E-state index in [-0.39, 0.29) is 65.7 Å². The summed E-state index contributed by atoms with van der Waals surface area (Å²) in [5.74, 6) is -1.31. The van der Waals surface area contributed by atoms with Crippen molar-refractivity contribution in [1.82, 2.24) is 0 Å². The van der Waals surface area contributed by atoms with Gasteiger partial charge in [-0.2, -0.15) is 0 Å². The highest BCUT2D eigenvalue weighted by Gasteiger charge is 2.41. The van der Waals surface area contributed by atoms with E-state index in [0.29, 0.717) is 52.4 Å². The number of phenols is 4. The van der Waals surface area contributed by atoms with Crippen molar-refractivity contribution in [3.63, 3.8) is 0 Å². The maximum atomic E-state index is 13.6. The monoisotopic (exact) mass is 1210 g/mol. The number of hydrogen-bond donors (Lipinski definition) is 4. The smallest absolute Gasteiger partial charge is 0.311 e. The van der Waals surface area contributed by atoms with Gasteiger partial charge in [-0.15, -0.1) is 0 Å². The van der Waals surface area contributed by atoms with E-state index in [4.69, 9.17) is 18.9 Å². The number of carbonyl (C=O) groups excluding carboxylic acids is 5. The molecule has 468 valence electrons. The zero-order chi connectivity index (χ0) is 65.7. The van der Waals surface area contributed by atoms with Crippen molar-refractivity contribution < 1.29 is 63.3 Å². The molecule has 2 atom stereocenters. The number of rotatable bonds is 25.